The van der Waals surface area contributed by atoms with Crippen molar-refractivity contribution in [1.29, 1.82) is 0 Å². The Balaban J connectivity index is 1.83. The third-order valence-electron chi connectivity index (χ3n) is 2.74. The third kappa shape index (κ3) is 1.18. The van der Waals surface area contributed by atoms with Crippen LogP contribution >= 0.6 is 0 Å². The summed E-state index contributed by atoms with van der Waals surface area (Å²) in [5.74, 6) is 1.81. The van der Waals surface area contributed by atoms with Gasteiger partial charge in [0.2, 0.25) is 0 Å². The van der Waals surface area contributed by atoms with Gasteiger partial charge in [0.15, 0.2) is 0 Å². The second-order valence-corrected chi connectivity index (χ2v) is 3.38. The SMILES string of the molecule is C1COCC2CCC2CN1. The highest BCUT2D eigenvalue weighted by atomic mass is 16.5. The lowest BCUT2D eigenvalue weighted by Crippen LogP contribution is -2.41. The summed E-state index contributed by atoms with van der Waals surface area (Å²) in [4.78, 5) is 0. The van der Waals surface area contributed by atoms with Crippen LogP contribution in [-0.4, -0.2) is 26.3 Å². The fraction of sp³-hybridized carbons (Fsp3) is 1.00. The molecule has 58 valence electrons. The van der Waals surface area contributed by atoms with Crippen molar-refractivity contribution >= 4 is 0 Å². The van der Waals surface area contributed by atoms with Gasteiger partial charge >= 0.3 is 0 Å². The maximum absolute atomic E-state index is 5.45. The molecule has 0 aromatic rings. The molecule has 0 aromatic carbocycles. The van der Waals surface area contributed by atoms with Crippen molar-refractivity contribution in [1.82, 2.24) is 5.32 Å². The molecule has 0 spiro atoms. The van der Waals surface area contributed by atoms with Gasteiger partial charge in [-0.2, -0.15) is 0 Å². The minimum absolute atomic E-state index is 0.882. The normalized spacial score (nSPS) is 40.8. The van der Waals surface area contributed by atoms with Gasteiger partial charge in [-0.15, -0.1) is 0 Å². The Bertz CT molecular complexity index is 102. The lowest BCUT2D eigenvalue weighted by molar-refractivity contribution is 0.0177. The molecular formula is C8H15NO. The van der Waals surface area contributed by atoms with E-state index in [4.69, 9.17) is 4.74 Å². The number of hydrogen-bond acceptors (Lipinski definition) is 2. The van der Waals surface area contributed by atoms with E-state index >= 15 is 0 Å². The zero-order valence-electron chi connectivity index (χ0n) is 6.31. The van der Waals surface area contributed by atoms with Gasteiger partial charge in [0.05, 0.1) is 6.61 Å². The topological polar surface area (TPSA) is 21.3 Å². The number of ether oxygens (including phenoxy) is 1. The Morgan fingerprint density at radius 2 is 2.10 bits per heavy atom. The van der Waals surface area contributed by atoms with E-state index in [2.05, 4.69) is 5.32 Å². The average Bonchev–Trinajstić information content (AvgIpc) is 1.89. The van der Waals surface area contributed by atoms with E-state index in [0.717, 1.165) is 31.6 Å². The number of fused-ring (bicyclic) bond motifs is 1. The highest BCUT2D eigenvalue weighted by molar-refractivity contribution is 4.82. The zero-order valence-corrected chi connectivity index (χ0v) is 6.31. The summed E-state index contributed by atoms with van der Waals surface area (Å²) in [7, 11) is 0. The molecule has 2 fully saturated rings. The minimum Gasteiger partial charge on any atom is -0.380 e. The van der Waals surface area contributed by atoms with E-state index in [1.165, 1.54) is 19.4 Å². The van der Waals surface area contributed by atoms with Gasteiger partial charge in [0.1, 0.15) is 0 Å². The van der Waals surface area contributed by atoms with Crippen molar-refractivity contribution < 1.29 is 4.74 Å². The van der Waals surface area contributed by atoms with Crippen LogP contribution in [-0.2, 0) is 4.74 Å². The van der Waals surface area contributed by atoms with Crippen LogP contribution in [0.1, 0.15) is 12.8 Å². The van der Waals surface area contributed by atoms with E-state index in [9.17, 15) is 0 Å². The summed E-state index contributed by atoms with van der Waals surface area (Å²) in [5, 5.41) is 3.39. The molecule has 1 aliphatic carbocycles. The Kier molecular flexibility index (Phi) is 1.91. The number of rotatable bonds is 0. The molecule has 1 saturated heterocycles. The number of nitrogens with one attached hydrogen (secondary N) is 1. The van der Waals surface area contributed by atoms with Crippen LogP contribution in [0.25, 0.3) is 0 Å². The summed E-state index contributed by atoms with van der Waals surface area (Å²) >= 11 is 0. The monoisotopic (exact) mass is 141 g/mol. The van der Waals surface area contributed by atoms with Crippen LogP contribution < -0.4 is 5.32 Å². The first-order valence-corrected chi connectivity index (χ1v) is 4.25. The van der Waals surface area contributed by atoms with E-state index in [1.54, 1.807) is 0 Å². The second kappa shape index (κ2) is 2.89. The molecule has 2 rings (SSSR count). The van der Waals surface area contributed by atoms with Crippen molar-refractivity contribution in [3.8, 4) is 0 Å². The predicted molar refractivity (Wildman–Crippen MR) is 39.9 cm³/mol. The molecular weight excluding hydrogens is 126 g/mol. The van der Waals surface area contributed by atoms with Crippen molar-refractivity contribution in [3.05, 3.63) is 0 Å². The average molecular weight is 141 g/mol. The van der Waals surface area contributed by atoms with Crippen molar-refractivity contribution in [2.24, 2.45) is 11.8 Å². The Labute approximate surface area is 61.9 Å². The van der Waals surface area contributed by atoms with Gasteiger partial charge in [0, 0.05) is 13.2 Å². The first-order chi connectivity index (χ1) is 4.97. The molecule has 2 atom stereocenters. The summed E-state index contributed by atoms with van der Waals surface area (Å²) in [6.07, 6.45) is 2.81. The summed E-state index contributed by atoms with van der Waals surface area (Å²) in [6.45, 7) is 4.20. The van der Waals surface area contributed by atoms with Gasteiger partial charge < -0.3 is 10.1 Å². The van der Waals surface area contributed by atoms with Gasteiger partial charge in [-0.05, 0) is 31.2 Å². The van der Waals surface area contributed by atoms with Crippen LogP contribution in [0.3, 0.4) is 0 Å². The molecule has 1 saturated carbocycles. The molecule has 0 amide bonds. The summed E-state index contributed by atoms with van der Waals surface area (Å²) in [5.41, 5.74) is 0. The molecule has 0 radical (unpaired) electrons. The second-order valence-electron chi connectivity index (χ2n) is 3.38. The fourth-order valence-corrected chi connectivity index (χ4v) is 1.79. The molecule has 2 heteroatoms. The fourth-order valence-electron chi connectivity index (χ4n) is 1.79. The molecule has 1 N–H and O–H groups in total. The molecule has 2 aliphatic rings. The molecule has 0 aromatic heterocycles. The Hall–Kier alpha value is -0.0800. The molecule has 1 heterocycles. The van der Waals surface area contributed by atoms with Crippen LogP contribution in [0.4, 0.5) is 0 Å². The lowest BCUT2D eigenvalue weighted by atomic mass is 9.74. The van der Waals surface area contributed by atoms with E-state index in [0.29, 0.717) is 0 Å². The largest absolute Gasteiger partial charge is 0.380 e. The molecule has 0 bridgehead atoms. The smallest absolute Gasteiger partial charge is 0.0591 e. The van der Waals surface area contributed by atoms with Crippen LogP contribution in [0.2, 0.25) is 0 Å². The maximum atomic E-state index is 5.45. The quantitative estimate of drug-likeness (QED) is 0.534. The molecule has 1 aliphatic heterocycles. The van der Waals surface area contributed by atoms with Crippen LogP contribution in [0, 0.1) is 11.8 Å². The third-order valence-corrected chi connectivity index (χ3v) is 2.74. The summed E-state index contributed by atoms with van der Waals surface area (Å²) in [6, 6.07) is 0. The van der Waals surface area contributed by atoms with Crippen molar-refractivity contribution in [2.45, 2.75) is 12.8 Å². The zero-order chi connectivity index (χ0) is 6.81. The maximum Gasteiger partial charge on any atom is 0.0591 e. The molecule has 10 heavy (non-hydrogen) atoms. The van der Waals surface area contributed by atoms with E-state index in [1.807, 2.05) is 0 Å². The summed E-state index contributed by atoms with van der Waals surface area (Å²) < 4.78 is 5.45. The van der Waals surface area contributed by atoms with Crippen molar-refractivity contribution in [3.63, 3.8) is 0 Å². The lowest BCUT2D eigenvalue weighted by Gasteiger charge is -2.38. The predicted octanol–water partition coefficient (Wildman–Crippen LogP) is 0.632. The van der Waals surface area contributed by atoms with Gasteiger partial charge in [-0.1, -0.05) is 0 Å². The van der Waals surface area contributed by atoms with Crippen LogP contribution in [0.5, 0.6) is 0 Å². The minimum atomic E-state index is 0.882. The van der Waals surface area contributed by atoms with Gasteiger partial charge in [-0.3, -0.25) is 0 Å². The first kappa shape index (κ1) is 6.62. The molecule has 2 unspecified atom stereocenters. The molecule has 2 nitrogen and oxygen atoms in total. The highest BCUT2D eigenvalue weighted by Crippen LogP contribution is 2.34. The van der Waals surface area contributed by atoms with E-state index < -0.39 is 0 Å². The van der Waals surface area contributed by atoms with Crippen molar-refractivity contribution in [2.75, 3.05) is 26.3 Å². The van der Waals surface area contributed by atoms with Gasteiger partial charge in [-0.25, -0.2) is 0 Å². The Morgan fingerprint density at radius 1 is 1.20 bits per heavy atom. The van der Waals surface area contributed by atoms with Gasteiger partial charge in [0.25, 0.3) is 0 Å². The first-order valence-electron chi connectivity index (χ1n) is 4.25. The Morgan fingerprint density at radius 3 is 2.90 bits per heavy atom. The van der Waals surface area contributed by atoms with E-state index in [-0.39, 0.29) is 0 Å². The number of hydrogen-bond donors (Lipinski definition) is 1. The standard InChI is InChI=1S/C8H15NO/c1-2-8-6-10-4-3-9-5-7(1)8/h7-9H,1-6H2. The van der Waals surface area contributed by atoms with Crippen LogP contribution in [0.15, 0.2) is 0 Å². The highest BCUT2D eigenvalue weighted by Gasteiger charge is 2.30.